The fourth-order valence-corrected chi connectivity index (χ4v) is 4.59. The first-order valence-corrected chi connectivity index (χ1v) is 12.0. The molecule has 0 saturated heterocycles. The number of carbonyl (C=O) groups is 2. The Bertz CT molecular complexity index is 1230. The van der Waals surface area contributed by atoms with Crippen LogP contribution in [0.4, 0.5) is 0 Å². The molecule has 0 aliphatic carbocycles. The fraction of sp³-hybridized carbons (Fsp3) is 0.259. The van der Waals surface area contributed by atoms with Crippen LogP contribution in [0, 0.1) is 0 Å². The summed E-state index contributed by atoms with van der Waals surface area (Å²) < 4.78 is 16.7. The summed E-state index contributed by atoms with van der Waals surface area (Å²) in [6, 6.07) is 15.7. The second kappa shape index (κ2) is 10.2. The zero-order chi connectivity index (χ0) is 25.0. The molecule has 7 nitrogen and oxygen atoms in total. The number of hydrogen-bond acceptors (Lipinski definition) is 6. The third kappa shape index (κ3) is 5.84. The Hall–Kier alpha value is -3.78. The number of methoxy groups -OCH3 is 2. The standard InChI is InChI=1S/C27H28N2O5S/c1-27(2)16-23(21-14-19(33-4)11-12-24(21)34-27)29-26(31)22(15-20-6-5-13-35-20)28-25(30)17-7-9-18(32-3)10-8-17/h5-15,23H,16H2,1-4H3,(H,28,30)(H,29,31)/b22-15-. The highest BCUT2D eigenvalue weighted by Gasteiger charge is 2.35. The summed E-state index contributed by atoms with van der Waals surface area (Å²) in [5.41, 5.74) is 0.915. The summed E-state index contributed by atoms with van der Waals surface area (Å²) in [5, 5.41) is 7.80. The first kappa shape index (κ1) is 24.3. The Kier molecular flexibility index (Phi) is 7.12. The molecule has 0 bridgehead atoms. The Morgan fingerprint density at radius 3 is 2.43 bits per heavy atom. The monoisotopic (exact) mass is 492 g/mol. The van der Waals surface area contributed by atoms with Crippen molar-refractivity contribution in [2.75, 3.05) is 14.2 Å². The van der Waals surface area contributed by atoms with Crippen molar-refractivity contribution in [1.29, 1.82) is 0 Å². The quantitative estimate of drug-likeness (QED) is 0.456. The number of carbonyl (C=O) groups excluding carboxylic acids is 2. The Labute approximate surface area is 208 Å². The van der Waals surface area contributed by atoms with Crippen molar-refractivity contribution in [1.82, 2.24) is 10.6 Å². The molecule has 1 atom stereocenters. The molecule has 2 aromatic carbocycles. The average Bonchev–Trinajstić information content (AvgIpc) is 3.36. The molecular formula is C27H28N2O5S. The summed E-state index contributed by atoms with van der Waals surface area (Å²) in [6.45, 7) is 3.96. The molecule has 35 heavy (non-hydrogen) atoms. The first-order valence-electron chi connectivity index (χ1n) is 11.2. The lowest BCUT2D eigenvalue weighted by molar-refractivity contribution is -0.119. The van der Waals surface area contributed by atoms with Crippen LogP contribution in [0.15, 0.2) is 65.7 Å². The van der Waals surface area contributed by atoms with Gasteiger partial charge in [0.05, 0.1) is 20.3 Å². The highest BCUT2D eigenvalue weighted by atomic mass is 32.1. The van der Waals surface area contributed by atoms with E-state index in [2.05, 4.69) is 10.6 Å². The smallest absolute Gasteiger partial charge is 0.268 e. The molecule has 1 aliphatic rings. The van der Waals surface area contributed by atoms with E-state index < -0.39 is 11.5 Å². The van der Waals surface area contributed by atoms with Gasteiger partial charge in [-0.25, -0.2) is 0 Å². The summed E-state index contributed by atoms with van der Waals surface area (Å²) in [7, 11) is 3.16. The summed E-state index contributed by atoms with van der Waals surface area (Å²) in [4.78, 5) is 27.3. The Morgan fingerprint density at radius 1 is 1.06 bits per heavy atom. The van der Waals surface area contributed by atoms with Gasteiger partial charge in [-0.3, -0.25) is 9.59 Å². The van der Waals surface area contributed by atoms with Crippen LogP contribution in [-0.2, 0) is 4.79 Å². The van der Waals surface area contributed by atoms with Crippen LogP contribution < -0.4 is 24.8 Å². The summed E-state index contributed by atoms with van der Waals surface area (Å²) >= 11 is 1.48. The number of fused-ring (bicyclic) bond motifs is 1. The van der Waals surface area contributed by atoms with Gasteiger partial charge in [0, 0.05) is 22.4 Å². The van der Waals surface area contributed by atoms with Crippen LogP contribution in [-0.4, -0.2) is 31.6 Å². The van der Waals surface area contributed by atoms with Gasteiger partial charge in [0.15, 0.2) is 0 Å². The number of nitrogens with one attached hydrogen (secondary N) is 2. The van der Waals surface area contributed by atoms with Crippen LogP contribution in [0.5, 0.6) is 17.2 Å². The molecule has 1 unspecified atom stereocenters. The van der Waals surface area contributed by atoms with Gasteiger partial charge in [0.2, 0.25) is 0 Å². The van der Waals surface area contributed by atoms with E-state index in [9.17, 15) is 9.59 Å². The molecule has 2 amide bonds. The maximum absolute atomic E-state index is 13.5. The number of benzene rings is 2. The number of amides is 2. The van der Waals surface area contributed by atoms with E-state index in [0.717, 1.165) is 10.4 Å². The van der Waals surface area contributed by atoms with Crippen LogP contribution in [0.1, 0.15) is 47.1 Å². The lowest BCUT2D eigenvalue weighted by Gasteiger charge is -2.38. The van der Waals surface area contributed by atoms with E-state index in [1.54, 1.807) is 44.6 Å². The minimum absolute atomic E-state index is 0.155. The van der Waals surface area contributed by atoms with Gasteiger partial charge in [-0.1, -0.05) is 6.07 Å². The molecule has 2 N–H and O–H groups in total. The number of hydrogen-bond donors (Lipinski definition) is 2. The van der Waals surface area contributed by atoms with Crippen LogP contribution in [0.25, 0.3) is 6.08 Å². The van der Waals surface area contributed by atoms with Crippen molar-refractivity contribution in [2.45, 2.75) is 31.9 Å². The van der Waals surface area contributed by atoms with Gasteiger partial charge in [0.1, 0.15) is 28.5 Å². The van der Waals surface area contributed by atoms with Crippen molar-refractivity contribution in [3.8, 4) is 17.2 Å². The van der Waals surface area contributed by atoms with Crippen molar-refractivity contribution in [3.63, 3.8) is 0 Å². The Morgan fingerprint density at radius 2 is 1.77 bits per heavy atom. The molecule has 1 aromatic heterocycles. The second-order valence-electron chi connectivity index (χ2n) is 8.75. The molecule has 2 heterocycles. The highest BCUT2D eigenvalue weighted by molar-refractivity contribution is 7.10. The van der Waals surface area contributed by atoms with E-state index in [1.165, 1.54) is 11.3 Å². The van der Waals surface area contributed by atoms with Crippen molar-refractivity contribution >= 4 is 29.2 Å². The average molecular weight is 493 g/mol. The van der Waals surface area contributed by atoms with Gasteiger partial charge in [-0.2, -0.15) is 0 Å². The minimum Gasteiger partial charge on any atom is -0.497 e. The maximum Gasteiger partial charge on any atom is 0.268 e. The van der Waals surface area contributed by atoms with Gasteiger partial charge in [-0.05, 0) is 73.8 Å². The molecule has 0 radical (unpaired) electrons. The van der Waals surface area contributed by atoms with Gasteiger partial charge >= 0.3 is 0 Å². The van der Waals surface area contributed by atoms with Gasteiger partial charge in [-0.15, -0.1) is 11.3 Å². The largest absolute Gasteiger partial charge is 0.497 e. The molecule has 0 fully saturated rings. The van der Waals surface area contributed by atoms with Crippen LogP contribution in [0.3, 0.4) is 0 Å². The molecular weight excluding hydrogens is 464 g/mol. The molecule has 182 valence electrons. The number of thiophene rings is 1. The summed E-state index contributed by atoms with van der Waals surface area (Å²) in [6.07, 6.45) is 2.23. The third-order valence-corrected chi connectivity index (χ3v) is 6.47. The maximum atomic E-state index is 13.5. The van der Waals surface area contributed by atoms with Crippen LogP contribution >= 0.6 is 11.3 Å². The lowest BCUT2D eigenvalue weighted by Crippen LogP contribution is -2.43. The van der Waals surface area contributed by atoms with E-state index in [1.807, 2.05) is 49.6 Å². The Balaban J connectivity index is 1.61. The molecule has 4 rings (SSSR count). The SMILES string of the molecule is COc1ccc(C(=O)N/C(=C\c2cccs2)C(=O)NC2CC(C)(C)Oc3ccc(OC)cc32)cc1. The zero-order valence-electron chi connectivity index (χ0n) is 20.1. The molecule has 0 spiro atoms. The minimum atomic E-state index is -0.483. The molecule has 0 saturated carbocycles. The van der Waals surface area contributed by atoms with Crippen molar-refractivity contribution in [2.24, 2.45) is 0 Å². The van der Waals surface area contributed by atoms with E-state index in [4.69, 9.17) is 14.2 Å². The van der Waals surface area contributed by atoms with E-state index in [0.29, 0.717) is 29.2 Å². The topological polar surface area (TPSA) is 85.9 Å². The first-order chi connectivity index (χ1) is 16.8. The highest BCUT2D eigenvalue weighted by Crippen LogP contribution is 2.41. The lowest BCUT2D eigenvalue weighted by atomic mass is 9.89. The van der Waals surface area contributed by atoms with Crippen molar-refractivity contribution < 1.29 is 23.8 Å². The zero-order valence-corrected chi connectivity index (χ0v) is 20.9. The summed E-state index contributed by atoms with van der Waals surface area (Å²) in [5.74, 6) is 1.23. The van der Waals surface area contributed by atoms with Crippen LogP contribution in [0.2, 0.25) is 0 Å². The molecule has 3 aromatic rings. The third-order valence-electron chi connectivity index (χ3n) is 5.65. The number of rotatable bonds is 7. The molecule has 1 aliphatic heterocycles. The predicted molar refractivity (Wildman–Crippen MR) is 136 cm³/mol. The van der Waals surface area contributed by atoms with Gasteiger partial charge < -0.3 is 24.8 Å². The normalized spacial score (nSPS) is 16.5. The number of ether oxygens (including phenoxy) is 3. The van der Waals surface area contributed by atoms with Gasteiger partial charge in [0.25, 0.3) is 11.8 Å². The second-order valence-corrected chi connectivity index (χ2v) is 9.73. The van der Waals surface area contributed by atoms with E-state index >= 15 is 0 Å². The molecule has 8 heteroatoms. The van der Waals surface area contributed by atoms with E-state index in [-0.39, 0.29) is 17.6 Å². The predicted octanol–water partition coefficient (Wildman–Crippen LogP) is 4.95. The fourth-order valence-electron chi connectivity index (χ4n) is 3.94. The van der Waals surface area contributed by atoms with Crippen molar-refractivity contribution in [3.05, 3.63) is 81.7 Å².